The molecule has 0 saturated heterocycles. The molecule has 1 aromatic heterocycles. The van der Waals surface area contributed by atoms with Gasteiger partial charge in [-0.05, 0) is 48.4 Å². The van der Waals surface area contributed by atoms with Crippen molar-refractivity contribution in [2.24, 2.45) is 0 Å². The quantitative estimate of drug-likeness (QED) is 0.538. The SMILES string of the molecule is N#Cc1ccc(CCC(=O)Nc2ccccc2-c2nc3ccccc3[nH]2)cc1. The van der Waals surface area contributed by atoms with Crippen LogP contribution in [-0.2, 0) is 11.2 Å². The van der Waals surface area contributed by atoms with E-state index in [2.05, 4.69) is 21.4 Å². The van der Waals surface area contributed by atoms with Gasteiger partial charge in [0.05, 0.1) is 28.4 Å². The Balaban J connectivity index is 1.48. The first-order valence-electron chi connectivity index (χ1n) is 9.06. The zero-order valence-electron chi connectivity index (χ0n) is 15.1. The second-order valence-corrected chi connectivity index (χ2v) is 6.51. The molecule has 0 spiro atoms. The van der Waals surface area contributed by atoms with Crippen molar-refractivity contribution in [1.82, 2.24) is 9.97 Å². The van der Waals surface area contributed by atoms with Crippen LogP contribution in [0.2, 0.25) is 0 Å². The van der Waals surface area contributed by atoms with Gasteiger partial charge in [0.2, 0.25) is 5.91 Å². The van der Waals surface area contributed by atoms with E-state index in [1.54, 1.807) is 12.1 Å². The molecule has 0 atom stereocenters. The number of anilines is 1. The molecule has 4 aromatic rings. The Labute approximate surface area is 162 Å². The summed E-state index contributed by atoms with van der Waals surface area (Å²) >= 11 is 0. The maximum Gasteiger partial charge on any atom is 0.224 e. The number of nitriles is 1. The van der Waals surface area contributed by atoms with Crippen molar-refractivity contribution in [3.8, 4) is 17.5 Å². The van der Waals surface area contributed by atoms with Gasteiger partial charge in [0.1, 0.15) is 5.82 Å². The number of nitrogens with one attached hydrogen (secondary N) is 2. The molecule has 1 amide bonds. The molecule has 0 aliphatic carbocycles. The van der Waals surface area contributed by atoms with Crippen LogP contribution in [0.15, 0.2) is 72.8 Å². The van der Waals surface area contributed by atoms with Crippen LogP contribution in [0.3, 0.4) is 0 Å². The number of carbonyl (C=O) groups is 1. The standard InChI is InChI=1S/C23H18N4O/c24-15-17-11-9-16(10-12-17)13-14-22(28)25-19-6-2-1-5-18(19)23-26-20-7-3-4-8-21(20)27-23/h1-12H,13-14H2,(H,25,28)(H,26,27). The number of aromatic amines is 1. The number of rotatable bonds is 5. The van der Waals surface area contributed by atoms with Gasteiger partial charge in [-0.15, -0.1) is 0 Å². The number of hydrogen-bond donors (Lipinski definition) is 2. The summed E-state index contributed by atoms with van der Waals surface area (Å²) in [5.41, 5.74) is 5.07. The van der Waals surface area contributed by atoms with Crippen molar-refractivity contribution < 1.29 is 4.79 Å². The van der Waals surface area contributed by atoms with E-state index in [0.29, 0.717) is 18.4 Å². The molecule has 0 bridgehead atoms. The average Bonchev–Trinajstić information content (AvgIpc) is 3.17. The fraction of sp³-hybridized carbons (Fsp3) is 0.0870. The highest BCUT2D eigenvalue weighted by Crippen LogP contribution is 2.27. The number of imidazole rings is 1. The first-order valence-corrected chi connectivity index (χ1v) is 9.06. The Morgan fingerprint density at radius 1 is 1.00 bits per heavy atom. The maximum absolute atomic E-state index is 12.5. The van der Waals surface area contributed by atoms with E-state index in [0.717, 1.165) is 33.7 Å². The van der Waals surface area contributed by atoms with Crippen molar-refractivity contribution in [3.05, 3.63) is 83.9 Å². The molecule has 0 saturated carbocycles. The van der Waals surface area contributed by atoms with Gasteiger partial charge in [-0.25, -0.2) is 4.98 Å². The van der Waals surface area contributed by atoms with E-state index in [4.69, 9.17) is 5.26 Å². The fourth-order valence-electron chi connectivity index (χ4n) is 3.10. The summed E-state index contributed by atoms with van der Waals surface area (Å²) in [4.78, 5) is 20.4. The van der Waals surface area contributed by atoms with E-state index in [1.807, 2.05) is 60.7 Å². The number of nitrogens with zero attached hydrogens (tertiary/aromatic N) is 2. The smallest absolute Gasteiger partial charge is 0.224 e. The van der Waals surface area contributed by atoms with Crippen LogP contribution >= 0.6 is 0 Å². The van der Waals surface area contributed by atoms with Crippen LogP contribution in [0.1, 0.15) is 17.5 Å². The Kier molecular flexibility index (Phi) is 4.85. The molecule has 2 N–H and O–H groups in total. The van der Waals surface area contributed by atoms with Crippen molar-refractivity contribution in [3.63, 3.8) is 0 Å². The number of amides is 1. The highest BCUT2D eigenvalue weighted by Gasteiger charge is 2.12. The van der Waals surface area contributed by atoms with E-state index in [9.17, 15) is 4.79 Å². The average molecular weight is 366 g/mol. The summed E-state index contributed by atoms with van der Waals surface area (Å²) in [6.45, 7) is 0. The molecule has 0 fully saturated rings. The van der Waals surface area contributed by atoms with Gasteiger partial charge in [0.25, 0.3) is 0 Å². The monoisotopic (exact) mass is 366 g/mol. The molecule has 0 unspecified atom stereocenters. The Morgan fingerprint density at radius 3 is 2.54 bits per heavy atom. The molecule has 0 aliphatic heterocycles. The van der Waals surface area contributed by atoms with Crippen LogP contribution in [0.4, 0.5) is 5.69 Å². The van der Waals surface area contributed by atoms with Crippen LogP contribution in [0.25, 0.3) is 22.4 Å². The van der Waals surface area contributed by atoms with Crippen LogP contribution in [0, 0.1) is 11.3 Å². The molecular formula is C23H18N4O. The largest absolute Gasteiger partial charge is 0.338 e. The second kappa shape index (κ2) is 7.77. The summed E-state index contributed by atoms with van der Waals surface area (Å²) < 4.78 is 0. The van der Waals surface area contributed by atoms with Crippen molar-refractivity contribution in [1.29, 1.82) is 5.26 Å². The molecule has 136 valence electrons. The van der Waals surface area contributed by atoms with E-state index in [-0.39, 0.29) is 5.91 Å². The zero-order valence-corrected chi connectivity index (χ0v) is 15.1. The minimum Gasteiger partial charge on any atom is -0.338 e. The molecule has 0 aliphatic rings. The zero-order chi connectivity index (χ0) is 19.3. The first kappa shape index (κ1) is 17.5. The fourth-order valence-corrected chi connectivity index (χ4v) is 3.10. The van der Waals surface area contributed by atoms with Gasteiger partial charge in [-0.1, -0.05) is 36.4 Å². The van der Waals surface area contributed by atoms with E-state index < -0.39 is 0 Å². The number of hydrogen-bond acceptors (Lipinski definition) is 3. The van der Waals surface area contributed by atoms with Crippen molar-refractivity contribution in [2.75, 3.05) is 5.32 Å². The Morgan fingerprint density at radius 2 is 1.75 bits per heavy atom. The summed E-state index contributed by atoms with van der Waals surface area (Å²) in [7, 11) is 0. The van der Waals surface area contributed by atoms with Gasteiger partial charge >= 0.3 is 0 Å². The third-order valence-electron chi connectivity index (χ3n) is 4.57. The van der Waals surface area contributed by atoms with E-state index >= 15 is 0 Å². The summed E-state index contributed by atoms with van der Waals surface area (Å²) in [6.07, 6.45) is 0.977. The van der Waals surface area contributed by atoms with Crippen molar-refractivity contribution >= 4 is 22.6 Å². The molecule has 1 heterocycles. The van der Waals surface area contributed by atoms with Crippen LogP contribution in [-0.4, -0.2) is 15.9 Å². The lowest BCUT2D eigenvalue weighted by molar-refractivity contribution is -0.116. The van der Waals surface area contributed by atoms with Gasteiger partial charge in [-0.3, -0.25) is 4.79 Å². The number of benzene rings is 3. The Bertz CT molecular complexity index is 1140. The topological polar surface area (TPSA) is 81.6 Å². The molecular weight excluding hydrogens is 348 g/mol. The lowest BCUT2D eigenvalue weighted by Crippen LogP contribution is -2.13. The highest BCUT2D eigenvalue weighted by atomic mass is 16.1. The Hall–Kier alpha value is -3.91. The molecule has 5 heteroatoms. The van der Waals surface area contributed by atoms with Gasteiger partial charge in [0.15, 0.2) is 0 Å². The van der Waals surface area contributed by atoms with Crippen LogP contribution in [0.5, 0.6) is 0 Å². The second-order valence-electron chi connectivity index (χ2n) is 6.51. The summed E-state index contributed by atoms with van der Waals surface area (Å²) in [6, 6.07) is 24.9. The lowest BCUT2D eigenvalue weighted by atomic mass is 10.1. The van der Waals surface area contributed by atoms with Gasteiger partial charge in [0, 0.05) is 12.0 Å². The number of H-pyrrole nitrogens is 1. The van der Waals surface area contributed by atoms with Gasteiger partial charge in [-0.2, -0.15) is 5.26 Å². The predicted octanol–water partition coefficient (Wildman–Crippen LogP) is 4.67. The summed E-state index contributed by atoms with van der Waals surface area (Å²) in [5.74, 6) is 0.664. The number of aromatic nitrogens is 2. The normalized spacial score (nSPS) is 10.5. The number of aryl methyl sites for hydroxylation is 1. The molecule has 4 rings (SSSR count). The third kappa shape index (κ3) is 3.76. The minimum atomic E-state index is -0.0621. The molecule has 3 aromatic carbocycles. The predicted molar refractivity (Wildman–Crippen MR) is 110 cm³/mol. The molecule has 5 nitrogen and oxygen atoms in total. The van der Waals surface area contributed by atoms with E-state index in [1.165, 1.54) is 0 Å². The number of para-hydroxylation sites is 3. The maximum atomic E-state index is 12.5. The van der Waals surface area contributed by atoms with Gasteiger partial charge < -0.3 is 10.3 Å². The van der Waals surface area contributed by atoms with Crippen LogP contribution < -0.4 is 5.32 Å². The first-order chi connectivity index (χ1) is 13.7. The minimum absolute atomic E-state index is 0.0621. The summed E-state index contributed by atoms with van der Waals surface area (Å²) in [5, 5.41) is 11.9. The van der Waals surface area contributed by atoms with Crippen molar-refractivity contribution in [2.45, 2.75) is 12.8 Å². The number of fused-ring (bicyclic) bond motifs is 1. The third-order valence-corrected chi connectivity index (χ3v) is 4.57. The highest BCUT2D eigenvalue weighted by molar-refractivity contribution is 5.95. The molecule has 28 heavy (non-hydrogen) atoms. The molecule has 0 radical (unpaired) electrons. The number of carbonyl (C=O) groups excluding carboxylic acids is 1. The lowest BCUT2D eigenvalue weighted by Gasteiger charge is -2.09.